The molecule has 0 amide bonds. The van der Waals surface area contributed by atoms with Gasteiger partial charge in [0.15, 0.2) is 5.69 Å². The molecule has 3 rings (SSSR count). The number of rotatable bonds is 3. The van der Waals surface area contributed by atoms with Crippen molar-refractivity contribution in [2.45, 2.75) is 13.5 Å². The number of aryl methyl sites for hydroxylation is 1. The average Bonchev–Trinajstić information content (AvgIpc) is 2.92. The van der Waals surface area contributed by atoms with E-state index in [1.165, 1.54) is 0 Å². The van der Waals surface area contributed by atoms with Crippen molar-refractivity contribution in [2.75, 3.05) is 0 Å². The Labute approximate surface area is 133 Å². The van der Waals surface area contributed by atoms with Crippen molar-refractivity contribution in [3.8, 4) is 17.3 Å². The highest BCUT2D eigenvalue weighted by Gasteiger charge is 2.15. The van der Waals surface area contributed by atoms with Crippen LogP contribution in [-0.4, -0.2) is 15.0 Å². The van der Waals surface area contributed by atoms with E-state index in [4.69, 9.17) is 11.6 Å². The van der Waals surface area contributed by atoms with Gasteiger partial charge in [-0.1, -0.05) is 58.8 Å². The van der Waals surface area contributed by atoms with Crippen molar-refractivity contribution in [3.63, 3.8) is 0 Å². The molecule has 1 aromatic heterocycles. The fourth-order valence-corrected chi connectivity index (χ4v) is 2.56. The highest BCUT2D eigenvalue weighted by molar-refractivity contribution is 6.31. The number of hydrogen-bond donors (Lipinski definition) is 0. The van der Waals surface area contributed by atoms with Gasteiger partial charge in [-0.3, -0.25) is 0 Å². The van der Waals surface area contributed by atoms with Gasteiger partial charge >= 0.3 is 0 Å². The SMILES string of the molecule is Cc1cccc(-c2c(C#N)nnn2Cc2ccccc2Cl)c1. The number of benzene rings is 2. The fraction of sp³-hybridized carbons (Fsp3) is 0.118. The summed E-state index contributed by atoms with van der Waals surface area (Å²) < 4.78 is 1.72. The molecule has 0 spiro atoms. The molecule has 0 fully saturated rings. The van der Waals surface area contributed by atoms with Gasteiger partial charge in [-0.15, -0.1) is 5.10 Å². The lowest BCUT2D eigenvalue weighted by atomic mass is 10.1. The second kappa shape index (κ2) is 6.00. The van der Waals surface area contributed by atoms with Gasteiger partial charge < -0.3 is 0 Å². The van der Waals surface area contributed by atoms with Crippen molar-refractivity contribution < 1.29 is 0 Å². The molecule has 0 bridgehead atoms. The number of aromatic nitrogens is 3. The molecule has 2 aromatic carbocycles. The van der Waals surface area contributed by atoms with Gasteiger partial charge in [-0.25, -0.2) is 4.68 Å². The number of hydrogen-bond acceptors (Lipinski definition) is 3. The third-order valence-corrected chi connectivity index (χ3v) is 3.78. The molecular weight excluding hydrogens is 296 g/mol. The second-order valence-corrected chi connectivity index (χ2v) is 5.42. The molecule has 0 saturated heterocycles. The lowest BCUT2D eigenvalue weighted by Crippen LogP contribution is -2.05. The zero-order chi connectivity index (χ0) is 15.5. The molecule has 4 nitrogen and oxygen atoms in total. The van der Waals surface area contributed by atoms with Crippen LogP contribution in [0.15, 0.2) is 48.5 Å². The van der Waals surface area contributed by atoms with Gasteiger partial charge in [0.25, 0.3) is 0 Å². The smallest absolute Gasteiger partial charge is 0.190 e. The van der Waals surface area contributed by atoms with Gasteiger partial charge in [0.2, 0.25) is 0 Å². The molecule has 3 aromatic rings. The monoisotopic (exact) mass is 308 g/mol. The van der Waals surface area contributed by atoms with E-state index in [0.717, 1.165) is 16.7 Å². The van der Waals surface area contributed by atoms with Crippen LogP contribution in [0.25, 0.3) is 11.3 Å². The van der Waals surface area contributed by atoms with Crippen LogP contribution in [0, 0.1) is 18.3 Å². The maximum Gasteiger partial charge on any atom is 0.190 e. The summed E-state index contributed by atoms with van der Waals surface area (Å²) in [6.07, 6.45) is 0. The molecule has 1 heterocycles. The summed E-state index contributed by atoms with van der Waals surface area (Å²) in [6.45, 7) is 2.48. The van der Waals surface area contributed by atoms with Crippen molar-refractivity contribution in [1.29, 1.82) is 5.26 Å². The first-order chi connectivity index (χ1) is 10.7. The molecule has 22 heavy (non-hydrogen) atoms. The lowest BCUT2D eigenvalue weighted by molar-refractivity contribution is 0.655. The van der Waals surface area contributed by atoms with Crippen LogP contribution >= 0.6 is 11.6 Å². The Morgan fingerprint density at radius 3 is 2.73 bits per heavy atom. The predicted molar refractivity (Wildman–Crippen MR) is 85.5 cm³/mol. The number of nitriles is 1. The molecular formula is C17H13ClN4. The van der Waals surface area contributed by atoms with Gasteiger partial charge in [0, 0.05) is 10.6 Å². The highest BCUT2D eigenvalue weighted by Crippen LogP contribution is 2.25. The highest BCUT2D eigenvalue weighted by atomic mass is 35.5. The minimum Gasteiger partial charge on any atom is -0.239 e. The first-order valence-electron chi connectivity index (χ1n) is 6.83. The first kappa shape index (κ1) is 14.3. The Kier molecular flexibility index (Phi) is 3.90. The number of nitrogens with zero attached hydrogens (tertiary/aromatic N) is 4. The van der Waals surface area contributed by atoms with Crippen LogP contribution in [-0.2, 0) is 6.54 Å². The summed E-state index contributed by atoms with van der Waals surface area (Å²) in [4.78, 5) is 0. The lowest BCUT2D eigenvalue weighted by Gasteiger charge is -2.09. The van der Waals surface area contributed by atoms with E-state index in [2.05, 4.69) is 16.4 Å². The van der Waals surface area contributed by atoms with E-state index in [0.29, 0.717) is 23.0 Å². The van der Waals surface area contributed by atoms with Crippen LogP contribution in [0.1, 0.15) is 16.8 Å². The van der Waals surface area contributed by atoms with Gasteiger partial charge in [-0.05, 0) is 24.6 Å². The summed E-state index contributed by atoms with van der Waals surface area (Å²) in [5, 5.41) is 18.1. The van der Waals surface area contributed by atoms with Crippen molar-refractivity contribution in [1.82, 2.24) is 15.0 Å². The normalized spacial score (nSPS) is 10.4. The summed E-state index contributed by atoms with van der Waals surface area (Å²) >= 11 is 6.21. The molecule has 0 radical (unpaired) electrons. The molecule has 0 saturated carbocycles. The molecule has 5 heteroatoms. The van der Waals surface area contributed by atoms with E-state index in [9.17, 15) is 5.26 Å². The topological polar surface area (TPSA) is 54.5 Å². The second-order valence-electron chi connectivity index (χ2n) is 5.02. The third-order valence-electron chi connectivity index (χ3n) is 3.41. The first-order valence-corrected chi connectivity index (χ1v) is 7.21. The van der Waals surface area contributed by atoms with Crippen molar-refractivity contribution in [2.24, 2.45) is 0 Å². The van der Waals surface area contributed by atoms with Gasteiger partial charge in [-0.2, -0.15) is 5.26 Å². The summed E-state index contributed by atoms with van der Waals surface area (Å²) in [7, 11) is 0. The fourth-order valence-electron chi connectivity index (χ4n) is 2.37. The molecule has 0 N–H and O–H groups in total. The molecule has 0 aliphatic rings. The Bertz CT molecular complexity index is 861. The number of halogens is 1. The van der Waals surface area contributed by atoms with Crippen molar-refractivity contribution >= 4 is 11.6 Å². The molecule has 0 aliphatic carbocycles. The van der Waals surface area contributed by atoms with Crippen LogP contribution in [0.4, 0.5) is 0 Å². The summed E-state index contributed by atoms with van der Waals surface area (Å²) in [5.41, 5.74) is 4.01. The molecule has 108 valence electrons. The van der Waals surface area contributed by atoms with Crippen LogP contribution in [0.3, 0.4) is 0 Å². The van der Waals surface area contributed by atoms with Crippen molar-refractivity contribution in [3.05, 3.63) is 70.4 Å². The van der Waals surface area contributed by atoms with E-state index >= 15 is 0 Å². The average molecular weight is 309 g/mol. The summed E-state index contributed by atoms with van der Waals surface area (Å²) in [5.74, 6) is 0. The van der Waals surface area contributed by atoms with E-state index in [-0.39, 0.29) is 0 Å². The Hall–Kier alpha value is -2.64. The minimum absolute atomic E-state index is 0.317. The van der Waals surface area contributed by atoms with Crippen LogP contribution in [0.2, 0.25) is 5.02 Å². The Morgan fingerprint density at radius 1 is 1.18 bits per heavy atom. The zero-order valence-electron chi connectivity index (χ0n) is 12.0. The van der Waals surface area contributed by atoms with Gasteiger partial charge in [0.05, 0.1) is 6.54 Å². The largest absolute Gasteiger partial charge is 0.239 e. The van der Waals surface area contributed by atoms with E-state index in [1.54, 1.807) is 4.68 Å². The predicted octanol–water partition coefficient (Wildman–Crippen LogP) is 3.83. The van der Waals surface area contributed by atoms with Gasteiger partial charge in [0.1, 0.15) is 11.8 Å². The molecule has 0 atom stereocenters. The minimum atomic E-state index is 0.317. The standard InChI is InChI=1S/C17H13ClN4/c1-12-5-4-7-13(9-12)17-16(10-19)20-21-22(17)11-14-6-2-3-8-15(14)18/h2-9H,11H2,1H3. The summed E-state index contributed by atoms with van der Waals surface area (Å²) in [6, 6.07) is 17.6. The molecule has 0 aliphatic heterocycles. The van der Waals surface area contributed by atoms with Crippen LogP contribution in [0.5, 0.6) is 0 Å². The maximum atomic E-state index is 9.29. The van der Waals surface area contributed by atoms with E-state index in [1.807, 2.05) is 55.5 Å². The third kappa shape index (κ3) is 2.72. The van der Waals surface area contributed by atoms with Crippen LogP contribution < -0.4 is 0 Å². The quantitative estimate of drug-likeness (QED) is 0.739. The maximum absolute atomic E-state index is 9.29. The van der Waals surface area contributed by atoms with E-state index < -0.39 is 0 Å². The zero-order valence-corrected chi connectivity index (χ0v) is 12.7. The molecule has 0 unspecified atom stereocenters. The Morgan fingerprint density at radius 2 is 2.00 bits per heavy atom. The Balaban J connectivity index is 2.09.